The Labute approximate surface area is 132 Å². The van der Waals surface area contributed by atoms with Crippen molar-refractivity contribution in [2.45, 2.75) is 13.3 Å². The first-order chi connectivity index (χ1) is 10.8. The monoisotopic (exact) mass is 309 g/mol. The molecule has 0 atom stereocenters. The molecule has 0 aromatic heterocycles. The van der Waals surface area contributed by atoms with Crippen LogP contribution in [0, 0.1) is 0 Å². The maximum absolute atomic E-state index is 5.66. The van der Waals surface area contributed by atoms with Crippen LogP contribution in [0.2, 0.25) is 0 Å². The largest absolute Gasteiger partial charge is 0.497 e. The fraction of sp³-hybridized carbons (Fsp3) is 0.562. The normalized spacial score (nSPS) is 11.1. The Hall–Kier alpha value is -1.95. The predicted molar refractivity (Wildman–Crippen MR) is 89.0 cm³/mol. The van der Waals surface area contributed by atoms with Gasteiger partial charge in [-0.2, -0.15) is 0 Å². The molecule has 0 unspecified atom stereocenters. The first-order valence-corrected chi connectivity index (χ1v) is 7.59. The Kier molecular flexibility index (Phi) is 9.61. The number of ether oxygens (including phenoxy) is 3. The van der Waals surface area contributed by atoms with Crippen LogP contribution in [0.5, 0.6) is 11.5 Å². The number of methoxy groups -OCH3 is 1. The fourth-order valence-electron chi connectivity index (χ4n) is 1.75. The lowest BCUT2D eigenvalue weighted by molar-refractivity contribution is 0.152. The Morgan fingerprint density at radius 1 is 1.05 bits per heavy atom. The number of nitrogens with one attached hydrogen (secondary N) is 2. The molecule has 0 radical (unpaired) electrons. The molecule has 0 bridgehead atoms. The molecule has 1 aromatic carbocycles. The Morgan fingerprint density at radius 2 is 1.73 bits per heavy atom. The van der Waals surface area contributed by atoms with E-state index in [0.717, 1.165) is 43.6 Å². The summed E-state index contributed by atoms with van der Waals surface area (Å²) in [5.41, 5.74) is 0. The molecule has 124 valence electrons. The second-order valence-electron chi connectivity index (χ2n) is 4.50. The topological polar surface area (TPSA) is 64.1 Å². The van der Waals surface area contributed by atoms with Crippen LogP contribution in [0.4, 0.5) is 0 Å². The van der Waals surface area contributed by atoms with Crippen molar-refractivity contribution >= 4 is 5.96 Å². The third kappa shape index (κ3) is 7.73. The van der Waals surface area contributed by atoms with E-state index in [-0.39, 0.29) is 0 Å². The Bertz CT molecular complexity index is 421. The second kappa shape index (κ2) is 11.7. The van der Waals surface area contributed by atoms with Crippen LogP contribution in [-0.4, -0.2) is 53.0 Å². The third-order valence-corrected chi connectivity index (χ3v) is 2.91. The van der Waals surface area contributed by atoms with E-state index in [2.05, 4.69) is 15.6 Å². The van der Waals surface area contributed by atoms with Crippen molar-refractivity contribution < 1.29 is 14.2 Å². The van der Waals surface area contributed by atoms with Crippen LogP contribution in [-0.2, 0) is 4.74 Å². The average molecular weight is 309 g/mol. The van der Waals surface area contributed by atoms with Crippen molar-refractivity contribution in [2.24, 2.45) is 4.99 Å². The quantitative estimate of drug-likeness (QED) is 0.391. The number of guanidine groups is 1. The molecule has 0 saturated carbocycles. The minimum atomic E-state index is 0.648. The van der Waals surface area contributed by atoms with Crippen LogP contribution in [0.15, 0.2) is 29.3 Å². The maximum atomic E-state index is 5.66. The van der Waals surface area contributed by atoms with Gasteiger partial charge < -0.3 is 24.8 Å². The molecule has 0 aliphatic heterocycles. The zero-order valence-electron chi connectivity index (χ0n) is 13.7. The van der Waals surface area contributed by atoms with Crippen LogP contribution >= 0.6 is 0 Å². The zero-order chi connectivity index (χ0) is 16.0. The molecule has 0 heterocycles. The van der Waals surface area contributed by atoms with E-state index < -0.39 is 0 Å². The van der Waals surface area contributed by atoms with Gasteiger partial charge in [0.2, 0.25) is 0 Å². The first kappa shape index (κ1) is 18.1. The zero-order valence-corrected chi connectivity index (χ0v) is 13.7. The lowest BCUT2D eigenvalue weighted by Crippen LogP contribution is -2.39. The van der Waals surface area contributed by atoms with Crippen molar-refractivity contribution in [3.8, 4) is 11.5 Å². The van der Waals surface area contributed by atoms with Crippen LogP contribution in [0.25, 0.3) is 0 Å². The summed E-state index contributed by atoms with van der Waals surface area (Å²) in [6.07, 6.45) is 0.887. The van der Waals surface area contributed by atoms with Gasteiger partial charge in [-0.25, -0.2) is 0 Å². The fourth-order valence-corrected chi connectivity index (χ4v) is 1.75. The number of rotatable bonds is 10. The standard InChI is InChI=1S/C16H27N3O3/c1-4-21-13-11-19-16(17-2)18-10-5-12-22-15-8-6-14(20-3)7-9-15/h6-9H,4-5,10-13H2,1-3H3,(H2,17,18,19). The summed E-state index contributed by atoms with van der Waals surface area (Å²) in [7, 11) is 3.40. The molecule has 6 nitrogen and oxygen atoms in total. The summed E-state index contributed by atoms with van der Waals surface area (Å²) in [6, 6.07) is 7.58. The molecule has 22 heavy (non-hydrogen) atoms. The highest BCUT2D eigenvalue weighted by Crippen LogP contribution is 2.16. The van der Waals surface area contributed by atoms with Crippen molar-refractivity contribution in [3.63, 3.8) is 0 Å². The highest BCUT2D eigenvalue weighted by molar-refractivity contribution is 5.79. The van der Waals surface area contributed by atoms with Crippen molar-refractivity contribution in [1.29, 1.82) is 0 Å². The highest BCUT2D eigenvalue weighted by Gasteiger charge is 1.98. The lowest BCUT2D eigenvalue weighted by atomic mass is 10.3. The minimum Gasteiger partial charge on any atom is -0.497 e. The summed E-state index contributed by atoms with van der Waals surface area (Å²) < 4.78 is 16.0. The molecule has 0 aliphatic carbocycles. The van der Waals surface area contributed by atoms with Crippen LogP contribution in [0.1, 0.15) is 13.3 Å². The first-order valence-electron chi connectivity index (χ1n) is 7.59. The van der Waals surface area contributed by atoms with Gasteiger partial charge in [-0.1, -0.05) is 0 Å². The Morgan fingerprint density at radius 3 is 2.36 bits per heavy atom. The van der Waals surface area contributed by atoms with Crippen molar-refractivity contribution in [1.82, 2.24) is 10.6 Å². The van der Waals surface area contributed by atoms with Crippen LogP contribution in [0.3, 0.4) is 0 Å². The smallest absolute Gasteiger partial charge is 0.191 e. The molecule has 0 aliphatic rings. The van der Waals surface area contributed by atoms with E-state index in [1.54, 1.807) is 14.2 Å². The van der Waals surface area contributed by atoms with Gasteiger partial charge in [0.05, 0.1) is 20.3 Å². The molecule has 0 fully saturated rings. The summed E-state index contributed by atoms with van der Waals surface area (Å²) >= 11 is 0. The molecule has 0 spiro atoms. The third-order valence-electron chi connectivity index (χ3n) is 2.91. The molecular weight excluding hydrogens is 282 g/mol. The molecule has 2 N–H and O–H groups in total. The van der Waals surface area contributed by atoms with E-state index in [1.165, 1.54) is 0 Å². The van der Waals surface area contributed by atoms with Gasteiger partial charge in [0.1, 0.15) is 11.5 Å². The van der Waals surface area contributed by atoms with E-state index in [9.17, 15) is 0 Å². The maximum Gasteiger partial charge on any atom is 0.191 e. The van der Waals surface area contributed by atoms with Gasteiger partial charge in [-0.3, -0.25) is 4.99 Å². The Balaban J connectivity index is 2.10. The summed E-state index contributed by atoms with van der Waals surface area (Å²) in [4.78, 5) is 4.14. The van der Waals surface area contributed by atoms with E-state index in [4.69, 9.17) is 14.2 Å². The number of hydrogen-bond donors (Lipinski definition) is 2. The number of benzene rings is 1. The number of aliphatic imine (C=N–C) groups is 1. The van der Waals surface area contributed by atoms with Gasteiger partial charge in [0, 0.05) is 26.7 Å². The highest BCUT2D eigenvalue weighted by atomic mass is 16.5. The molecular formula is C16H27N3O3. The van der Waals surface area contributed by atoms with Gasteiger partial charge in [-0.05, 0) is 37.6 Å². The summed E-state index contributed by atoms with van der Waals surface area (Å²) in [6.45, 7) is 5.58. The van der Waals surface area contributed by atoms with Gasteiger partial charge >= 0.3 is 0 Å². The van der Waals surface area contributed by atoms with E-state index >= 15 is 0 Å². The van der Waals surface area contributed by atoms with Gasteiger partial charge in [0.25, 0.3) is 0 Å². The van der Waals surface area contributed by atoms with Crippen LogP contribution < -0.4 is 20.1 Å². The molecule has 1 rings (SSSR count). The van der Waals surface area contributed by atoms with E-state index in [1.807, 2.05) is 31.2 Å². The van der Waals surface area contributed by atoms with Crippen molar-refractivity contribution in [3.05, 3.63) is 24.3 Å². The lowest BCUT2D eigenvalue weighted by Gasteiger charge is -2.12. The minimum absolute atomic E-state index is 0.648. The predicted octanol–water partition coefficient (Wildman–Crippen LogP) is 1.67. The molecule has 0 amide bonds. The number of nitrogens with zero attached hydrogens (tertiary/aromatic N) is 1. The van der Waals surface area contributed by atoms with Gasteiger partial charge in [-0.15, -0.1) is 0 Å². The summed E-state index contributed by atoms with van der Waals surface area (Å²) in [5, 5.41) is 6.42. The molecule has 0 saturated heterocycles. The average Bonchev–Trinajstić information content (AvgIpc) is 2.57. The van der Waals surface area contributed by atoms with Crippen molar-refractivity contribution in [2.75, 3.05) is 47.1 Å². The van der Waals surface area contributed by atoms with Gasteiger partial charge in [0.15, 0.2) is 5.96 Å². The number of hydrogen-bond acceptors (Lipinski definition) is 4. The summed E-state index contributed by atoms with van der Waals surface area (Å²) in [5.74, 6) is 2.46. The van der Waals surface area contributed by atoms with E-state index in [0.29, 0.717) is 13.2 Å². The molecule has 1 aromatic rings. The SMILES string of the molecule is CCOCCNC(=NC)NCCCOc1ccc(OC)cc1. The molecule has 6 heteroatoms. The second-order valence-corrected chi connectivity index (χ2v) is 4.50.